The zero-order valence-electron chi connectivity index (χ0n) is 18.9. The molecule has 1 aliphatic rings. The van der Waals surface area contributed by atoms with Gasteiger partial charge in [0, 0.05) is 6.54 Å². The number of carbonyl (C=O) groups is 2. The number of carbonyl (C=O) groups excluding carboxylic acids is 2. The maximum atomic E-state index is 13.1. The smallest absolute Gasteiger partial charge is 0.253 e. The average Bonchev–Trinajstić information content (AvgIpc) is 3.32. The van der Waals surface area contributed by atoms with Crippen molar-refractivity contribution in [1.82, 2.24) is 15.5 Å². The zero-order chi connectivity index (χ0) is 23.1. The number of amides is 2. The van der Waals surface area contributed by atoms with Crippen LogP contribution in [0.5, 0.6) is 5.75 Å². The van der Waals surface area contributed by atoms with Gasteiger partial charge in [0.1, 0.15) is 11.8 Å². The second-order valence-electron chi connectivity index (χ2n) is 8.46. The topological polar surface area (TPSA) is 70.7 Å². The third kappa shape index (κ3) is 6.02. The number of nitrogens with one attached hydrogen (secondary N) is 2. The van der Waals surface area contributed by atoms with Gasteiger partial charge in [-0.3, -0.25) is 14.5 Å². The van der Waals surface area contributed by atoms with E-state index in [-0.39, 0.29) is 23.8 Å². The van der Waals surface area contributed by atoms with Crippen molar-refractivity contribution in [2.24, 2.45) is 5.92 Å². The maximum Gasteiger partial charge on any atom is 0.253 e. The number of likely N-dealkylation sites (tertiary alicyclic amines) is 1. The summed E-state index contributed by atoms with van der Waals surface area (Å²) in [4.78, 5) is 28.2. The van der Waals surface area contributed by atoms with E-state index in [0.717, 1.165) is 37.2 Å². The van der Waals surface area contributed by atoms with Crippen molar-refractivity contribution in [3.8, 4) is 5.75 Å². The van der Waals surface area contributed by atoms with E-state index in [0.29, 0.717) is 17.1 Å². The van der Waals surface area contributed by atoms with E-state index in [2.05, 4.69) is 21.6 Å². The van der Waals surface area contributed by atoms with Crippen molar-refractivity contribution in [1.29, 1.82) is 0 Å². The maximum absolute atomic E-state index is 13.1. The van der Waals surface area contributed by atoms with E-state index in [1.807, 2.05) is 32.0 Å². The number of benzene rings is 2. The number of rotatable bonds is 9. The second kappa shape index (κ2) is 11.3. The summed E-state index contributed by atoms with van der Waals surface area (Å²) in [5.74, 6) is 0.161. The number of hydrogen-bond donors (Lipinski definition) is 2. The summed E-state index contributed by atoms with van der Waals surface area (Å²) in [7, 11) is 1.65. The van der Waals surface area contributed by atoms with Crippen LogP contribution in [0.25, 0.3) is 0 Å². The van der Waals surface area contributed by atoms with Gasteiger partial charge in [0.25, 0.3) is 5.91 Å². The van der Waals surface area contributed by atoms with Crippen LogP contribution < -0.4 is 15.4 Å². The van der Waals surface area contributed by atoms with Crippen LogP contribution in [-0.4, -0.2) is 49.5 Å². The van der Waals surface area contributed by atoms with Gasteiger partial charge in [-0.25, -0.2) is 0 Å². The molecular weight excluding hydrogens is 426 g/mol. The first-order valence-corrected chi connectivity index (χ1v) is 11.5. The molecule has 0 saturated carbocycles. The van der Waals surface area contributed by atoms with E-state index in [1.54, 1.807) is 31.4 Å². The Balaban J connectivity index is 1.71. The van der Waals surface area contributed by atoms with Crippen molar-refractivity contribution in [3.05, 3.63) is 64.7 Å². The lowest BCUT2D eigenvalue weighted by Crippen LogP contribution is -2.51. The van der Waals surface area contributed by atoms with Gasteiger partial charge in [0.05, 0.1) is 23.7 Å². The molecular formula is C25H32ClN3O3. The number of hydrogen-bond acceptors (Lipinski definition) is 4. The van der Waals surface area contributed by atoms with Crippen molar-refractivity contribution in [3.63, 3.8) is 0 Å². The molecule has 0 aliphatic carbocycles. The largest absolute Gasteiger partial charge is 0.497 e. The first-order chi connectivity index (χ1) is 15.4. The Kier molecular flexibility index (Phi) is 8.53. The number of methoxy groups -OCH3 is 1. The lowest BCUT2D eigenvalue weighted by Gasteiger charge is -2.30. The standard InChI is InChI=1S/C25H32ClN3O3/c1-17(2)23(28-24(30)20-11-4-5-12-21(20)26)25(31)27-16-22(29-13-6-7-14-29)18-9-8-10-19(15-18)32-3/h4-5,8-12,15,17,22-23H,6-7,13-14,16H2,1-3H3,(H,27,31)(H,28,30)/t22-,23+/m1/s1. The summed E-state index contributed by atoms with van der Waals surface area (Å²) in [6.45, 7) is 6.27. The van der Waals surface area contributed by atoms with Crippen LogP contribution in [0, 0.1) is 5.92 Å². The Labute approximate surface area is 195 Å². The molecule has 0 aromatic heterocycles. The van der Waals surface area contributed by atoms with Gasteiger partial charge < -0.3 is 15.4 Å². The highest BCUT2D eigenvalue weighted by atomic mass is 35.5. The lowest BCUT2D eigenvalue weighted by atomic mass is 10.0. The van der Waals surface area contributed by atoms with Gasteiger partial charge >= 0.3 is 0 Å². The molecule has 0 unspecified atom stereocenters. The Hall–Kier alpha value is -2.57. The second-order valence-corrected chi connectivity index (χ2v) is 8.86. The fourth-order valence-corrected chi connectivity index (χ4v) is 4.29. The van der Waals surface area contributed by atoms with Crippen molar-refractivity contribution in [2.45, 2.75) is 38.8 Å². The number of nitrogens with zero attached hydrogens (tertiary/aromatic N) is 1. The van der Waals surface area contributed by atoms with Crippen LogP contribution >= 0.6 is 11.6 Å². The molecule has 1 heterocycles. The minimum atomic E-state index is -0.664. The van der Waals surface area contributed by atoms with Crippen LogP contribution in [0.15, 0.2) is 48.5 Å². The fourth-order valence-electron chi connectivity index (χ4n) is 4.07. The molecule has 2 aromatic carbocycles. The Morgan fingerprint density at radius 1 is 1.09 bits per heavy atom. The molecule has 32 heavy (non-hydrogen) atoms. The lowest BCUT2D eigenvalue weighted by molar-refractivity contribution is -0.124. The van der Waals surface area contributed by atoms with Gasteiger partial charge in [0.15, 0.2) is 0 Å². The average molecular weight is 458 g/mol. The monoisotopic (exact) mass is 457 g/mol. The SMILES string of the molecule is COc1cccc([C@@H](CNC(=O)[C@@H](NC(=O)c2ccccc2Cl)C(C)C)N2CCCC2)c1. The molecule has 2 aromatic rings. The van der Waals surface area contributed by atoms with Gasteiger partial charge in [-0.05, 0) is 61.7 Å². The molecule has 2 N–H and O–H groups in total. The minimum Gasteiger partial charge on any atom is -0.497 e. The molecule has 2 atom stereocenters. The quantitative estimate of drug-likeness (QED) is 0.595. The first kappa shape index (κ1) is 24.1. The van der Waals surface area contributed by atoms with Gasteiger partial charge in [0.2, 0.25) is 5.91 Å². The molecule has 172 valence electrons. The summed E-state index contributed by atoms with van der Waals surface area (Å²) in [6.07, 6.45) is 2.30. The Morgan fingerprint density at radius 2 is 1.81 bits per heavy atom. The number of halogens is 1. The summed E-state index contributed by atoms with van der Waals surface area (Å²) in [5.41, 5.74) is 1.46. The molecule has 7 heteroatoms. The normalized spacial score (nSPS) is 15.9. The van der Waals surface area contributed by atoms with Crippen LogP contribution in [0.3, 0.4) is 0 Å². The van der Waals surface area contributed by atoms with Crippen LogP contribution in [0.1, 0.15) is 48.7 Å². The highest BCUT2D eigenvalue weighted by Gasteiger charge is 2.28. The van der Waals surface area contributed by atoms with Gasteiger partial charge in [-0.15, -0.1) is 0 Å². The third-order valence-electron chi connectivity index (χ3n) is 5.88. The Bertz CT molecular complexity index is 928. The molecule has 2 amide bonds. The van der Waals surface area contributed by atoms with E-state index in [4.69, 9.17) is 16.3 Å². The molecule has 3 rings (SSSR count). The molecule has 0 bridgehead atoms. The van der Waals surface area contributed by atoms with Gasteiger partial charge in [-0.1, -0.05) is 49.7 Å². The summed E-state index contributed by atoms with van der Waals surface area (Å²) in [5, 5.41) is 6.30. The van der Waals surface area contributed by atoms with E-state index in [9.17, 15) is 9.59 Å². The van der Waals surface area contributed by atoms with E-state index < -0.39 is 6.04 Å². The van der Waals surface area contributed by atoms with E-state index >= 15 is 0 Å². The highest BCUT2D eigenvalue weighted by molar-refractivity contribution is 6.33. The third-order valence-corrected chi connectivity index (χ3v) is 6.21. The Morgan fingerprint density at radius 3 is 2.47 bits per heavy atom. The predicted octanol–water partition coefficient (Wildman–Crippen LogP) is 4.06. The van der Waals surface area contributed by atoms with Gasteiger partial charge in [-0.2, -0.15) is 0 Å². The predicted molar refractivity (Wildman–Crippen MR) is 127 cm³/mol. The summed E-state index contributed by atoms with van der Waals surface area (Å²) >= 11 is 6.15. The summed E-state index contributed by atoms with van der Waals surface area (Å²) in [6, 6.07) is 14.2. The number of ether oxygens (including phenoxy) is 1. The van der Waals surface area contributed by atoms with Crippen LogP contribution in [-0.2, 0) is 4.79 Å². The molecule has 1 fully saturated rings. The molecule has 0 radical (unpaired) electrons. The summed E-state index contributed by atoms with van der Waals surface area (Å²) < 4.78 is 5.39. The molecule has 0 spiro atoms. The van der Waals surface area contributed by atoms with Crippen molar-refractivity contribution in [2.75, 3.05) is 26.7 Å². The highest BCUT2D eigenvalue weighted by Crippen LogP contribution is 2.27. The van der Waals surface area contributed by atoms with E-state index in [1.165, 1.54) is 0 Å². The van der Waals surface area contributed by atoms with Crippen LogP contribution in [0.4, 0.5) is 0 Å². The van der Waals surface area contributed by atoms with Crippen molar-refractivity contribution >= 4 is 23.4 Å². The van der Waals surface area contributed by atoms with Crippen molar-refractivity contribution < 1.29 is 14.3 Å². The molecule has 6 nitrogen and oxygen atoms in total. The minimum absolute atomic E-state index is 0.0450. The van der Waals surface area contributed by atoms with Crippen LogP contribution in [0.2, 0.25) is 5.02 Å². The molecule has 1 saturated heterocycles. The first-order valence-electron chi connectivity index (χ1n) is 11.1. The zero-order valence-corrected chi connectivity index (χ0v) is 19.7. The fraction of sp³-hybridized carbons (Fsp3) is 0.440. The molecule has 1 aliphatic heterocycles.